The number of piperidine rings is 1. The van der Waals surface area contributed by atoms with Gasteiger partial charge in [0.05, 0.1) is 0 Å². The summed E-state index contributed by atoms with van der Waals surface area (Å²) in [5.41, 5.74) is -1.29. The van der Waals surface area contributed by atoms with E-state index in [1.165, 1.54) is 15.5 Å². The fraction of sp³-hybridized carbons (Fsp3) is 0.909. The van der Waals surface area contributed by atoms with E-state index in [2.05, 4.69) is 0 Å². The maximum atomic E-state index is 12.5. The molecule has 0 aromatic carbocycles. The summed E-state index contributed by atoms with van der Waals surface area (Å²) >= 11 is 0. The molecule has 2 rings (SSSR count). The molecule has 0 bridgehead atoms. The fourth-order valence-corrected chi connectivity index (χ4v) is 4.77. The Kier molecular flexibility index (Phi) is 3.66. The van der Waals surface area contributed by atoms with Crippen LogP contribution >= 0.6 is 0 Å². The van der Waals surface area contributed by atoms with E-state index < -0.39 is 21.7 Å². The maximum Gasteiger partial charge on any atom is 0.324 e. The van der Waals surface area contributed by atoms with E-state index in [4.69, 9.17) is 0 Å². The molecule has 2 saturated heterocycles. The lowest BCUT2D eigenvalue weighted by Crippen LogP contribution is -2.60. The Bertz CT molecular complexity index is 430. The van der Waals surface area contributed by atoms with E-state index >= 15 is 0 Å². The highest BCUT2D eigenvalue weighted by Gasteiger charge is 2.49. The summed E-state index contributed by atoms with van der Waals surface area (Å²) in [7, 11) is -3.63. The molecule has 0 aromatic heterocycles. The van der Waals surface area contributed by atoms with Crippen LogP contribution in [0.5, 0.6) is 0 Å². The maximum absolute atomic E-state index is 12.5. The molecule has 2 aliphatic heterocycles. The highest BCUT2D eigenvalue weighted by atomic mass is 32.2. The first-order valence-corrected chi connectivity index (χ1v) is 7.80. The van der Waals surface area contributed by atoms with Crippen molar-refractivity contribution < 1.29 is 18.3 Å². The molecule has 0 aromatic rings. The standard InChI is InChI=1S/C11H20N2O4S/c1-11(10(14)15)6-2-3-9-13(11)18(16,17)12-7-4-5-8-12/h2-9H2,1H3,(H,14,15). The molecule has 104 valence electrons. The molecule has 0 saturated carbocycles. The number of hydrogen-bond donors (Lipinski definition) is 1. The van der Waals surface area contributed by atoms with Gasteiger partial charge in [-0.2, -0.15) is 17.0 Å². The molecule has 1 N–H and O–H groups in total. The second kappa shape index (κ2) is 4.79. The van der Waals surface area contributed by atoms with Crippen LogP contribution in [0.15, 0.2) is 0 Å². The lowest BCUT2D eigenvalue weighted by Gasteiger charge is -2.41. The Morgan fingerprint density at radius 2 is 1.67 bits per heavy atom. The number of carboxylic acids is 1. The van der Waals surface area contributed by atoms with Crippen molar-refractivity contribution in [2.75, 3.05) is 19.6 Å². The number of nitrogens with zero attached hydrogens (tertiary/aromatic N) is 2. The minimum absolute atomic E-state index is 0.307. The Labute approximate surface area is 108 Å². The highest BCUT2D eigenvalue weighted by molar-refractivity contribution is 7.86. The molecular weight excluding hydrogens is 256 g/mol. The van der Waals surface area contributed by atoms with Crippen molar-refractivity contribution in [3.05, 3.63) is 0 Å². The monoisotopic (exact) mass is 276 g/mol. The zero-order valence-corrected chi connectivity index (χ0v) is 11.4. The third-order valence-corrected chi connectivity index (χ3v) is 6.12. The van der Waals surface area contributed by atoms with E-state index in [0.717, 1.165) is 25.7 Å². The average molecular weight is 276 g/mol. The van der Waals surface area contributed by atoms with Gasteiger partial charge in [0.15, 0.2) is 0 Å². The Balaban J connectivity index is 2.31. The van der Waals surface area contributed by atoms with Crippen molar-refractivity contribution >= 4 is 16.2 Å². The Morgan fingerprint density at radius 1 is 1.11 bits per heavy atom. The predicted octanol–water partition coefficient (Wildman–Crippen LogP) is 0.656. The zero-order valence-electron chi connectivity index (χ0n) is 10.6. The fourth-order valence-electron chi connectivity index (χ4n) is 2.74. The van der Waals surface area contributed by atoms with Crippen molar-refractivity contribution in [2.45, 2.75) is 44.6 Å². The molecule has 1 unspecified atom stereocenters. The molecule has 0 radical (unpaired) electrons. The van der Waals surface area contributed by atoms with Crippen LogP contribution in [0.4, 0.5) is 0 Å². The number of carboxylic acid groups (broad SMARTS) is 1. The van der Waals surface area contributed by atoms with Crippen LogP contribution in [-0.4, -0.2) is 53.3 Å². The molecule has 18 heavy (non-hydrogen) atoms. The summed E-state index contributed by atoms with van der Waals surface area (Å²) in [6.07, 6.45) is 3.59. The van der Waals surface area contributed by atoms with Crippen molar-refractivity contribution in [3.63, 3.8) is 0 Å². The molecule has 0 aliphatic carbocycles. The molecule has 7 heteroatoms. The quantitative estimate of drug-likeness (QED) is 0.821. The zero-order chi connectivity index (χ0) is 13.4. The molecule has 2 heterocycles. The first-order chi connectivity index (χ1) is 8.39. The highest BCUT2D eigenvalue weighted by Crippen LogP contribution is 2.33. The van der Waals surface area contributed by atoms with Gasteiger partial charge in [0.2, 0.25) is 0 Å². The van der Waals surface area contributed by atoms with E-state index in [-0.39, 0.29) is 0 Å². The second-order valence-electron chi connectivity index (χ2n) is 5.22. The van der Waals surface area contributed by atoms with Crippen LogP contribution in [-0.2, 0) is 15.0 Å². The second-order valence-corrected chi connectivity index (χ2v) is 7.08. The van der Waals surface area contributed by atoms with E-state index in [1.807, 2.05) is 0 Å². The van der Waals surface area contributed by atoms with Gasteiger partial charge >= 0.3 is 5.97 Å². The summed E-state index contributed by atoms with van der Waals surface area (Å²) in [4.78, 5) is 11.4. The summed E-state index contributed by atoms with van der Waals surface area (Å²) < 4.78 is 27.6. The molecular formula is C11H20N2O4S. The van der Waals surface area contributed by atoms with Crippen molar-refractivity contribution in [2.24, 2.45) is 0 Å². The van der Waals surface area contributed by atoms with Crippen molar-refractivity contribution in [3.8, 4) is 0 Å². The van der Waals surface area contributed by atoms with E-state index in [1.54, 1.807) is 0 Å². The minimum atomic E-state index is -3.63. The number of carbonyl (C=O) groups is 1. The first kappa shape index (κ1) is 13.8. The lowest BCUT2D eigenvalue weighted by atomic mass is 9.91. The summed E-state index contributed by atoms with van der Waals surface area (Å²) in [5.74, 6) is -1.05. The van der Waals surface area contributed by atoms with Gasteiger partial charge in [0.1, 0.15) is 5.54 Å². The van der Waals surface area contributed by atoms with Crippen LogP contribution in [0, 0.1) is 0 Å². The minimum Gasteiger partial charge on any atom is -0.480 e. The number of hydrogen-bond acceptors (Lipinski definition) is 3. The molecule has 6 nitrogen and oxygen atoms in total. The molecule has 2 aliphatic rings. The number of aliphatic carboxylic acids is 1. The van der Waals surface area contributed by atoms with Gasteiger partial charge in [-0.25, -0.2) is 0 Å². The molecule has 1 atom stereocenters. The van der Waals surface area contributed by atoms with E-state index in [0.29, 0.717) is 26.1 Å². The SMILES string of the molecule is CC1(C(=O)O)CCCCN1S(=O)(=O)N1CCCC1. The summed E-state index contributed by atoms with van der Waals surface area (Å²) in [5, 5.41) is 9.35. The van der Waals surface area contributed by atoms with Crippen LogP contribution in [0.1, 0.15) is 39.0 Å². The molecule has 0 amide bonds. The van der Waals surface area contributed by atoms with Gasteiger partial charge < -0.3 is 5.11 Å². The molecule has 0 spiro atoms. The van der Waals surface area contributed by atoms with Gasteiger partial charge in [-0.3, -0.25) is 4.79 Å². The first-order valence-electron chi connectivity index (χ1n) is 6.40. The van der Waals surface area contributed by atoms with E-state index in [9.17, 15) is 18.3 Å². The van der Waals surface area contributed by atoms with Crippen molar-refractivity contribution in [1.82, 2.24) is 8.61 Å². The summed E-state index contributed by atoms with van der Waals surface area (Å²) in [6, 6.07) is 0. The van der Waals surface area contributed by atoms with Crippen LogP contribution < -0.4 is 0 Å². The Morgan fingerprint density at radius 3 is 2.22 bits per heavy atom. The van der Waals surface area contributed by atoms with Gasteiger partial charge in [0, 0.05) is 19.6 Å². The third-order valence-electron chi connectivity index (χ3n) is 3.96. The van der Waals surface area contributed by atoms with Crippen LogP contribution in [0.2, 0.25) is 0 Å². The van der Waals surface area contributed by atoms with Crippen molar-refractivity contribution in [1.29, 1.82) is 0 Å². The lowest BCUT2D eigenvalue weighted by molar-refractivity contribution is -0.149. The number of rotatable bonds is 3. The topological polar surface area (TPSA) is 77.9 Å². The van der Waals surface area contributed by atoms with Crippen LogP contribution in [0.25, 0.3) is 0 Å². The van der Waals surface area contributed by atoms with Gasteiger partial charge in [-0.05, 0) is 39.0 Å². The Hall–Kier alpha value is -0.660. The third kappa shape index (κ3) is 2.15. The summed E-state index contributed by atoms with van der Waals surface area (Å²) in [6.45, 7) is 2.84. The normalized spacial score (nSPS) is 31.6. The predicted molar refractivity (Wildman–Crippen MR) is 66.3 cm³/mol. The van der Waals surface area contributed by atoms with Crippen LogP contribution in [0.3, 0.4) is 0 Å². The molecule has 2 fully saturated rings. The van der Waals surface area contributed by atoms with Gasteiger partial charge in [-0.15, -0.1) is 0 Å². The smallest absolute Gasteiger partial charge is 0.324 e. The van der Waals surface area contributed by atoms with Gasteiger partial charge in [0.25, 0.3) is 10.2 Å². The largest absolute Gasteiger partial charge is 0.480 e. The average Bonchev–Trinajstić information content (AvgIpc) is 2.83. The van der Waals surface area contributed by atoms with Gasteiger partial charge in [-0.1, -0.05) is 0 Å².